The Bertz CT molecular complexity index is 159. The van der Waals surface area contributed by atoms with E-state index in [1.807, 2.05) is 0 Å². The van der Waals surface area contributed by atoms with Gasteiger partial charge in [0.1, 0.15) is 6.61 Å². The van der Waals surface area contributed by atoms with E-state index in [0.29, 0.717) is 18.7 Å². The van der Waals surface area contributed by atoms with Crippen molar-refractivity contribution < 1.29 is 26.7 Å². The van der Waals surface area contributed by atoms with Crippen LogP contribution in [0.1, 0.15) is 12.8 Å². The third-order valence-electron chi connectivity index (χ3n) is 1.37. The van der Waals surface area contributed by atoms with Crippen LogP contribution in [0.5, 0.6) is 0 Å². The van der Waals surface area contributed by atoms with Crippen molar-refractivity contribution in [3.05, 3.63) is 0 Å². The molecule has 0 spiro atoms. The first kappa shape index (κ1) is 13.9. The zero-order chi connectivity index (χ0) is 11.2. The van der Waals surface area contributed by atoms with Gasteiger partial charge >= 0.3 is 12.1 Å². The van der Waals surface area contributed by atoms with Crippen LogP contribution < -0.4 is 0 Å². The zero-order valence-corrected chi connectivity index (χ0v) is 7.97. The highest BCUT2D eigenvalue weighted by Gasteiger charge is 2.57. The van der Waals surface area contributed by atoms with Gasteiger partial charge in [0.15, 0.2) is 0 Å². The van der Waals surface area contributed by atoms with Crippen LogP contribution in [-0.4, -0.2) is 31.2 Å². The van der Waals surface area contributed by atoms with Crippen LogP contribution in [0.3, 0.4) is 0 Å². The molecule has 0 aromatic heterocycles. The maximum absolute atomic E-state index is 12.2. The van der Waals surface area contributed by atoms with E-state index in [0.717, 1.165) is 0 Å². The first-order valence-corrected chi connectivity index (χ1v) is 4.43. The lowest BCUT2D eigenvalue weighted by Gasteiger charge is -2.19. The van der Waals surface area contributed by atoms with E-state index in [2.05, 4.69) is 4.74 Å². The van der Waals surface area contributed by atoms with Crippen LogP contribution in [0, 0.1) is 0 Å². The molecule has 0 amide bonds. The number of alkyl halides is 6. The van der Waals surface area contributed by atoms with Gasteiger partial charge in [-0.05, 0) is 12.8 Å². The Balaban J connectivity index is 3.67. The molecule has 0 aromatic carbocycles. The Morgan fingerprint density at radius 3 is 2.00 bits per heavy atom. The summed E-state index contributed by atoms with van der Waals surface area (Å²) in [5, 5.41) is 0. The van der Waals surface area contributed by atoms with E-state index >= 15 is 0 Å². The third-order valence-corrected chi connectivity index (χ3v) is 1.64. The van der Waals surface area contributed by atoms with Crippen LogP contribution in [0.4, 0.5) is 22.0 Å². The quantitative estimate of drug-likeness (QED) is 0.394. The van der Waals surface area contributed by atoms with E-state index in [9.17, 15) is 22.0 Å². The van der Waals surface area contributed by atoms with E-state index in [-0.39, 0.29) is 6.61 Å². The van der Waals surface area contributed by atoms with Gasteiger partial charge in [-0.15, -0.1) is 11.6 Å². The molecule has 7 heteroatoms. The standard InChI is InChI=1S/C7H10ClF5O/c8-3-1-2-4-14-5-6(9,10)7(11,12)13/h1-5H2. The lowest BCUT2D eigenvalue weighted by atomic mass is 10.3. The molecule has 1 nitrogen and oxygen atoms in total. The molecule has 0 fully saturated rings. The molecule has 0 aromatic rings. The van der Waals surface area contributed by atoms with Gasteiger partial charge in [-0.2, -0.15) is 22.0 Å². The van der Waals surface area contributed by atoms with Gasteiger partial charge in [-0.3, -0.25) is 0 Å². The van der Waals surface area contributed by atoms with Crippen molar-refractivity contribution >= 4 is 11.6 Å². The van der Waals surface area contributed by atoms with Gasteiger partial charge in [0.05, 0.1) is 0 Å². The minimum Gasteiger partial charge on any atom is -0.375 e. The fraction of sp³-hybridized carbons (Fsp3) is 1.00. The molecule has 0 bridgehead atoms. The third kappa shape index (κ3) is 4.95. The van der Waals surface area contributed by atoms with Crippen LogP contribution >= 0.6 is 11.6 Å². The lowest BCUT2D eigenvalue weighted by molar-refractivity contribution is -0.296. The minimum absolute atomic E-state index is 0.140. The summed E-state index contributed by atoms with van der Waals surface area (Å²) in [7, 11) is 0. The molecule has 0 N–H and O–H groups in total. The fourth-order valence-corrected chi connectivity index (χ4v) is 0.770. The molecule has 0 rings (SSSR count). The number of hydrogen-bond acceptors (Lipinski definition) is 1. The Morgan fingerprint density at radius 2 is 1.57 bits per heavy atom. The maximum atomic E-state index is 12.2. The zero-order valence-electron chi connectivity index (χ0n) is 7.21. The Hall–Kier alpha value is -0.100. The molecule has 0 atom stereocenters. The van der Waals surface area contributed by atoms with Crippen molar-refractivity contribution in [3.8, 4) is 0 Å². The van der Waals surface area contributed by atoms with Gasteiger partial charge in [-0.1, -0.05) is 0 Å². The second-order valence-electron chi connectivity index (χ2n) is 2.65. The van der Waals surface area contributed by atoms with Gasteiger partial charge < -0.3 is 4.74 Å². The number of ether oxygens (including phenoxy) is 1. The van der Waals surface area contributed by atoms with Gasteiger partial charge in [0, 0.05) is 12.5 Å². The Labute approximate surface area is 83.2 Å². The topological polar surface area (TPSA) is 9.23 Å². The van der Waals surface area contributed by atoms with Crippen LogP contribution in [0.15, 0.2) is 0 Å². The summed E-state index contributed by atoms with van der Waals surface area (Å²) >= 11 is 5.26. The molecule has 0 aliphatic rings. The van der Waals surface area contributed by atoms with Crippen LogP contribution in [0.2, 0.25) is 0 Å². The van der Waals surface area contributed by atoms with E-state index in [1.54, 1.807) is 0 Å². The summed E-state index contributed by atoms with van der Waals surface area (Å²) < 4.78 is 63.2. The molecule has 0 unspecified atom stereocenters. The Morgan fingerprint density at radius 1 is 1.00 bits per heavy atom. The lowest BCUT2D eigenvalue weighted by Crippen LogP contribution is -2.40. The van der Waals surface area contributed by atoms with Gasteiger partial charge in [0.2, 0.25) is 0 Å². The monoisotopic (exact) mass is 240 g/mol. The number of unbranched alkanes of at least 4 members (excludes halogenated alkanes) is 1. The summed E-state index contributed by atoms with van der Waals surface area (Å²) in [6, 6.07) is 0. The second-order valence-corrected chi connectivity index (χ2v) is 3.03. The highest BCUT2D eigenvalue weighted by molar-refractivity contribution is 6.17. The van der Waals surface area contributed by atoms with Gasteiger partial charge in [-0.25, -0.2) is 0 Å². The van der Waals surface area contributed by atoms with Crippen molar-refractivity contribution in [1.82, 2.24) is 0 Å². The van der Waals surface area contributed by atoms with Crippen molar-refractivity contribution in [2.75, 3.05) is 19.1 Å². The van der Waals surface area contributed by atoms with Crippen LogP contribution in [0.25, 0.3) is 0 Å². The first-order chi connectivity index (χ1) is 6.31. The van der Waals surface area contributed by atoms with E-state index in [4.69, 9.17) is 11.6 Å². The molecule has 0 radical (unpaired) electrons. The average Bonchev–Trinajstić information content (AvgIpc) is 2.02. The summed E-state index contributed by atoms with van der Waals surface area (Å²) in [5.74, 6) is -4.44. The summed E-state index contributed by atoms with van der Waals surface area (Å²) in [6.45, 7) is -1.77. The van der Waals surface area contributed by atoms with Crippen molar-refractivity contribution in [2.24, 2.45) is 0 Å². The predicted octanol–water partition coefficient (Wildman–Crippen LogP) is 3.22. The minimum atomic E-state index is -5.54. The molecular formula is C7H10ClF5O. The number of hydrogen-bond donors (Lipinski definition) is 0. The van der Waals surface area contributed by atoms with Gasteiger partial charge in [0.25, 0.3) is 0 Å². The predicted molar refractivity (Wildman–Crippen MR) is 41.8 cm³/mol. The molecule has 14 heavy (non-hydrogen) atoms. The van der Waals surface area contributed by atoms with Crippen molar-refractivity contribution in [3.63, 3.8) is 0 Å². The average molecular weight is 241 g/mol. The molecule has 0 saturated heterocycles. The van der Waals surface area contributed by atoms with E-state index < -0.39 is 18.7 Å². The largest absolute Gasteiger partial charge is 0.455 e. The van der Waals surface area contributed by atoms with Crippen molar-refractivity contribution in [1.29, 1.82) is 0 Å². The first-order valence-electron chi connectivity index (χ1n) is 3.89. The van der Waals surface area contributed by atoms with E-state index in [1.165, 1.54) is 0 Å². The number of rotatable bonds is 6. The number of halogens is 6. The normalized spacial score (nSPS) is 13.3. The molecule has 86 valence electrons. The highest BCUT2D eigenvalue weighted by Crippen LogP contribution is 2.35. The summed E-state index contributed by atoms with van der Waals surface area (Å²) in [6.07, 6.45) is -4.64. The molecule has 0 aliphatic carbocycles. The molecule has 0 aliphatic heterocycles. The molecule has 0 heterocycles. The second kappa shape index (κ2) is 5.70. The van der Waals surface area contributed by atoms with Crippen LogP contribution in [-0.2, 0) is 4.74 Å². The fourth-order valence-electron chi connectivity index (χ4n) is 0.581. The highest BCUT2D eigenvalue weighted by atomic mass is 35.5. The molecule has 0 saturated carbocycles. The maximum Gasteiger partial charge on any atom is 0.455 e. The summed E-state index contributed by atoms with van der Waals surface area (Å²) in [5.41, 5.74) is 0. The Kier molecular flexibility index (Phi) is 5.66. The smallest absolute Gasteiger partial charge is 0.375 e. The van der Waals surface area contributed by atoms with Crippen molar-refractivity contribution in [2.45, 2.75) is 24.9 Å². The SMILES string of the molecule is FC(F)(F)C(F)(F)COCCCCCl. The molecular weight excluding hydrogens is 231 g/mol. The summed E-state index contributed by atoms with van der Waals surface area (Å²) in [4.78, 5) is 0.